The molecule has 4 rings (SSSR count). The number of aromatic nitrogens is 4. The summed E-state index contributed by atoms with van der Waals surface area (Å²) < 4.78 is 2.15. The molecular weight excluding hydrogens is 310 g/mol. The van der Waals surface area contributed by atoms with Crippen LogP contribution in [0.3, 0.4) is 0 Å². The van der Waals surface area contributed by atoms with E-state index in [9.17, 15) is 0 Å². The first-order valence-corrected chi connectivity index (χ1v) is 8.12. The monoisotopic (exact) mass is 327 g/mol. The maximum Gasteiger partial charge on any atom is 0.125 e. The van der Waals surface area contributed by atoms with E-state index < -0.39 is 0 Å². The molecule has 0 radical (unpaired) electrons. The summed E-state index contributed by atoms with van der Waals surface area (Å²) in [7, 11) is 2.06. The lowest BCUT2D eigenvalue weighted by Gasteiger charge is -2.27. The first kappa shape index (κ1) is 14.6. The van der Waals surface area contributed by atoms with Gasteiger partial charge in [-0.15, -0.1) is 0 Å². The van der Waals surface area contributed by atoms with E-state index in [0.717, 1.165) is 53.8 Å². The Balaban J connectivity index is 1.59. The summed E-state index contributed by atoms with van der Waals surface area (Å²) in [5.41, 5.74) is 4.47. The zero-order chi connectivity index (χ0) is 16.0. The maximum absolute atomic E-state index is 6.07. The third-order valence-corrected chi connectivity index (χ3v) is 4.67. The summed E-state index contributed by atoms with van der Waals surface area (Å²) in [6.07, 6.45) is 2.92. The van der Waals surface area contributed by atoms with Gasteiger partial charge in [-0.25, -0.2) is 15.0 Å². The van der Waals surface area contributed by atoms with E-state index in [-0.39, 0.29) is 0 Å². The number of imidazole rings is 1. The molecule has 0 saturated carbocycles. The van der Waals surface area contributed by atoms with Crippen molar-refractivity contribution in [3.05, 3.63) is 52.3 Å². The Bertz CT molecular complexity index is 886. The van der Waals surface area contributed by atoms with Gasteiger partial charge in [0.2, 0.25) is 0 Å². The van der Waals surface area contributed by atoms with Crippen LogP contribution in [0.4, 0.5) is 0 Å². The predicted octanol–water partition coefficient (Wildman–Crippen LogP) is 2.88. The van der Waals surface area contributed by atoms with Crippen molar-refractivity contribution in [3.63, 3.8) is 0 Å². The zero-order valence-electron chi connectivity index (χ0n) is 13.3. The van der Waals surface area contributed by atoms with Crippen LogP contribution in [0.25, 0.3) is 11.0 Å². The Morgan fingerprint density at radius 3 is 3.00 bits per heavy atom. The average Bonchev–Trinajstić information content (AvgIpc) is 2.83. The van der Waals surface area contributed by atoms with Crippen LogP contribution in [-0.4, -0.2) is 31.0 Å². The molecule has 0 atom stereocenters. The second-order valence-electron chi connectivity index (χ2n) is 6.07. The molecule has 1 aliphatic rings. The number of fused-ring (bicyclic) bond motifs is 2. The highest BCUT2D eigenvalue weighted by Gasteiger charge is 2.20. The zero-order valence-corrected chi connectivity index (χ0v) is 14.0. The molecule has 118 valence electrons. The van der Waals surface area contributed by atoms with Crippen molar-refractivity contribution in [1.29, 1.82) is 0 Å². The number of halogens is 1. The number of nitrogens with zero attached hydrogens (tertiary/aromatic N) is 5. The Hall–Kier alpha value is -1.98. The predicted molar refractivity (Wildman–Crippen MR) is 90.3 cm³/mol. The minimum absolute atomic E-state index is 0.724. The van der Waals surface area contributed by atoms with Crippen LogP contribution in [0.1, 0.15) is 22.9 Å². The fraction of sp³-hybridized carbons (Fsp3) is 0.353. The van der Waals surface area contributed by atoms with Crippen molar-refractivity contribution in [3.8, 4) is 0 Å². The van der Waals surface area contributed by atoms with Crippen LogP contribution in [0.5, 0.6) is 0 Å². The Labute approximate surface area is 139 Å². The van der Waals surface area contributed by atoms with Gasteiger partial charge in [-0.3, -0.25) is 4.90 Å². The molecule has 0 saturated heterocycles. The molecule has 0 amide bonds. The summed E-state index contributed by atoms with van der Waals surface area (Å²) >= 11 is 6.07. The minimum Gasteiger partial charge on any atom is -0.330 e. The van der Waals surface area contributed by atoms with Crippen LogP contribution >= 0.6 is 11.6 Å². The smallest absolute Gasteiger partial charge is 0.125 e. The molecule has 2 aromatic heterocycles. The Kier molecular flexibility index (Phi) is 3.54. The van der Waals surface area contributed by atoms with E-state index in [1.54, 1.807) is 0 Å². The average molecular weight is 328 g/mol. The molecule has 0 spiro atoms. The SMILES string of the molecule is Cc1ncc2c(n1)CCN(Cc1nc3cc(Cl)ccc3n1C)C2. The van der Waals surface area contributed by atoms with E-state index in [1.807, 2.05) is 31.3 Å². The Morgan fingerprint density at radius 2 is 2.13 bits per heavy atom. The third kappa shape index (κ3) is 2.71. The summed E-state index contributed by atoms with van der Waals surface area (Å²) in [5.74, 6) is 1.91. The number of rotatable bonds is 2. The van der Waals surface area contributed by atoms with Gasteiger partial charge in [-0.05, 0) is 25.1 Å². The highest BCUT2D eigenvalue weighted by atomic mass is 35.5. The van der Waals surface area contributed by atoms with Crippen molar-refractivity contribution in [1.82, 2.24) is 24.4 Å². The molecule has 0 bridgehead atoms. The standard InChI is InChI=1S/C17H18ClN5/c1-11-19-8-12-9-23(6-5-14(12)20-11)10-17-21-15-7-13(18)3-4-16(15)22(17)2/h3-4,7-8H,5-6,9-10H2,1-2H3. The molecule has 0 aliphatic carbocycles. The van der Waals surface area contributed by atoms with Gasteiger partial charge in [-0.2, -0.15) is 0 Å². The first-order chi connectivity index (χ1) is 11.1. The number of hydrogen-bond donors (Lipinski definition) is 0. The minimum atomic E-state index is 0.724. The van der Waals surface area contributed by atoms with Crippen LogP contribution in [0, 0.1) is 6.92 Å². The second kappa shape index (κ2) is 5.58. The number of aryl methyl sites for hydroxylation is 2. The number of hydrogen-bond acceptors (Lipinski definition) is 4. The van der Waals surface area contributed by atoms with Crippen molar-refractivity contribution >= 4 is 22.6 Å². The van der Waals surface area contributed by atoms with E-state index in [0.29, 0.717) is 0 Å². The van der Waals surface area contributed by atoms with Crippen molar-refractivity contribution in [2.45, 2.75) is 26.4 Å². The Morgan fingerprint density at radius 1 is 1.26 bits per heavy atom. The molecular formula is C17H18ClN5. The van der Waals surface area contributed by atoms with Gasteiger partial charge in [-0.1, -0.05) is 11.6 Å². The van der Waals surface area contributed by atoms with Gasteiger partial charge >= 0.3 is 0 Å². The van der Waals surface area contributed by atoms with Crippen molar-refractivity contribution < 1.29 is 0 Å². The summed E-state index contributed by atoms with van der Waals surface area (Å²) in [6.45, 7) is 4.63. The van der Waals surface area contributed by atoms with Gasteiger partial charge in [0, 0.05) is 49.0 Å². The van der Waals surface area contributed by atoms with Gasteiger partial charge in [0.05, 0.1) is 17.6 Å². The molecule has 0 N–H and O–H groups in total. The topological polar surface area (TPSA) is 46.8 Å². The summed E-state index contributed by atoms with van der Waals surface area (Å²) in [6, 6.07) is 5.85. The van der Waals surface area contributed by atoms with Gasteiger partial charge < -0.3 is 4.57 Å². The lowest BCUT2D eigenvalue weighted by Crippen LogP contribution is -2.31. The lowest BCUT2D eigenvalue weighted by atomic mass is 10.1. The normalized spacial score (nSPS) is 15.1. The molecule has 0 fully saturated rings. The van der Waals surface area contributed by atoms with Crippen molar-refractivity contribution in [2.24, 2.45) is 7.05 Å². The van der Waals surface area contributed by atoms with E-state index >= 15 is 0 Å². The fourth-order valence-electron chi connectivity index (χ4n) is 3.17. The summed E-state index contributed by atoms with van der Waals surface area (Å²) in [4.78, 5) is 16.0. The van der Waals surface area contributed by atoms with Gasteiger partial charge in [0.15, 0.2) is 0 Å². The van der Waals surface area contributed by atoms with Crippen LogP contribution in [0.15, 0.2) is 24.4 Å². The maximum atomic E-state index is 6.07. The third-order valence-electron chi connectivity index (χ3n) is 4.43. The molecule has 5 nitrogen and oxygen atoms in total. The van der Waals surface area contributed by atoms with Gasteiger partial charge in [0.1, 0.15) is 11.6 Å². The highest BCUT2D eigenvalue weighted by Crippen LogP contribution is 2.22. The second-order valence-corrected chi connectivity index (χ2v) is 6.51. The van der Waals surface area contributed by atoms with Crippen LogP contribution < -0.4 is 0 Å². The molecule has 0 unspecified atom stereocenters. The van der Waals surface area contributed by atoms with Crippen LogP contribution in [0.2, 0.25) is 5.02 Å². The van der Waals surface area contributed by atoms with Gasteiger partial charge in [0.25, 0.3) is 0 Å². The number of benzene rings is 1. The highest BCUT2D eigenvalue weighted by molar-refractivity contribution is 6.31. The first-order valence-electron chi connectivity index (χ1n) is 7.75. The van der Waals surface area contributed by atoms with E-state index in [1.165, 1.54) is 11.3 Å². The molecule has 1 aliphatic heterocycles. The molecule has 3 aromatic rings. The lowest BCUT2D eigenvalue weighted by molar-refractivity contribution is 0.235. The molecule has 23 heavy (non-hydrogen) atoms. The summed E-state index contributed by atoms with van der Waals surface area (Å²) in [5, 5.41) is 0.724. The fourth-order valence-corrected chi connectivity index (χ4v) is 3.34. The quantitative estimate of drug-likeness (QED) is 0.726. The van der Waals surface area contributed by atoms with Crippen LogP contribution in [-0.2, 0) is 26.6 Å². The molecule has 3 heterocycles. The van der Waals surface area contributed by atoms with E-state index in [4.69, 9.17) is 16.6 Å². The molecule has 6 heteroatoms. The molecule has 1 aromatic carbocycles. The largest absolute Gasteiger partial charge is 0.330 e. The van der Waals surface area contributed by atoms with E-state index in [2.05, 4.69) is 26.5 Å². The van der Waals surface area contributed by atoms with Crippen molar-refractivity contribution in [2.75, 3.05) is 6.54 Å².